The van der Waals surface area contributed by atoms with Crippen molar-refractivity contribution in [2.75, 3.05) is 19.7 Å². The Bertz CT molecular complexity index is 323. The molecule has 1 aliphatic heterocycles. The highest BCUT2D eigenvalue weighted by atomic mass is 19.1. The van der Waals surface area contributed by atoms with Gasteiger partial charge in [0.2, 0.25) is 0 Å². The molecule has 76 valence electrons. The first-order valence-electron chi connectivity index (χ1n) is 4.94. The van der Waals surface area contributed by atoms with Gasteiger partial charge in [-0.15, -0.1) is 0 Å². The van der Waals surface area contributed by atoms with Crippen LogP contribution in [0.4, 0.5) is 4.39 Å². The third-order valence-electron chi connectivity index (χ3n) is 2.51. The van der Waals surface area contributed by atoms with E-state index in [1.807, 2.05) is 13.0 Å². The van der Waals surface area contributed by atoms with Crippen LogP contribution in [0.5, 0.6) is 5.75 Å². The van der Waals surface area contributed by atoms with Gasteiger partial charge >= 0.3 is 0 Å². The lowest BCUT2D eigenvalue weighted by molar-refractivity contribution is 0.320. The third kappa shape index (κ3) is 1.73. The molecule has 0 spiro atoms. The van der Waals surface area contributed by atoms with Crippen molar-refractivity contribution in [1.29, 1.82) is 0 Å². The second-order valence-corrected chi connectivity index (χ2v) is 3.48. The second-order valence-electron chi connectivity index (χ2n) is 3.48. The average Bonchev–Trinajstić information content (AvgIpc) is 2.07. The summed E-state index contributed by atoms with van der Waals surface area (Å²) in [7, 11) is 0. The molecule has 0 aromatic heterocycles. The van der Waals surface area contributed by atoms with Crippen molar-refractivity contribution in [3.8, 4) is 5.75 Å². The van der Waals surface area contributed by atoms with E-state index >= 15 is 0 Å². The monoisotopic (exact) mass is 195 g/mol. The summed E-state index contributed by atoms with van der Waals surface area (Å²) >= 11 is 0. The van der Waals surface area contributed by atoms with Crippen molar-refractivity contribution in [2.24, 2.45) is 0 Å². The van der Waals surface area contributed by atoms with Crippen molar-refractivity contribution in [2.45, 2.75) is 12.8 Å². The summed E-state index contributed by atoms with van der Waals surface area (Å²) in [6, 6.07) is 5.24. The summed E-state index contributed by atoms with van der Waals surface area (Å²) in [6.07, 6.45) is 0. The molecular formula is C11H14FNO. The molecule has 1 fully saturated rings. The third-order valence-corrected chi connectivity index (χ3v) is 2.51. The number of nitrogens with one attached hydrogen (secondary N) is 1. The normalized spacial score (nSPS) is 16.4. The van der Waals surface area contributed by atoms with Crippen LogP contribution in [-0.4, -0.2) is 19.7 Å². The summed E-state index contributed by atoms with van der Waals surface area (Å²) in [5.74, 6) is 0.569. The molecule has 1 aromatic carbocycles. The number of benzene rings is 1. The van der Waals surface area contributed by atoms with Crippen LogP contribution in [0.3, 0.4) is 0 Å². The van der Waals surface area contributed by atoms with Crippen LogP contribution >= 0.6 is 0 Å². The van der Waals surface area contributed by atoms with Gasteiger partial charge in [0.05, 0.1) is 6.61 Å². The van der Waals surface area contributed by atoms with Crippen molar-refractivity contribution in [3.05, 3.63) is 29.6 Å². The minimum Gasteiger partial charge on any atom is -0.491 e. The van der Waals surface area contributed by atoms with E-state index in [2.05, 4.69) is 5.32 Å². The van der Waals surface area contributed by atoms with Crippen molar-refractivity contribution < 1.29 is 9.13 Å². The molecule has 0 amide bonds. The van der Waals surface area contributed by atoms with Crippen LogP contribution in [0.2, 0.25) is 0 Å². The van der Waals surface area contributed by atoms with Crippen molar-refractivity contribution >= 4 is 0 Å². The Morgan fingerprint density at radius 1 is 1.50 bits per heavy atom. The number of hydrogen-bond acceptors (Lipinski definition) is 2. The van der Waals surface area contributed by atoms with E-state index in [1.165, 1.54) is 0 Å². The van der Waals surface area contributed by atoms with E-state index in [0.29, 0.717) is 18.3 Å². The predicted octanol–water partition coefficient (Wildman–Crippen LogP) is 1.91. The largest absolute Gasteiger partial charge is 0.491 e. The van der Waals surface area contributed by atoms with Gasteiger partial charge < -0.3 is 10.1 Å². The Kier molecular flexibility index (Phi) is 2.68. The minimum atomic E-state index is -0.253. The lowest BCUT2D eigenvalue weighted by Gasteiger charge is -2.27. The molecule has 0 aliphatic carbocycles. The van der Waals surface area contributed by atoms with Crippen molar-refractivity contribution in [3.63, 3.8) is 0 Å². The first kappa shape index (κ1) is 9.46. The smallest absolute Gasteiger partial charge is 0.165 e. The summed E-state index contributed by atoms with van der Waals surface area (Å²) in [5, 5.41) is 3.17. The Morgan fingerprint density at radius 3 is 2.79 bits per heavy atom. The SMILES string of the molecule is CCOc1ccc(C2CNC2)cc1F. The van der Waals surface area contributed by atoms with E-state index in [4.69, 9.17) is 4.74 Å². The predicted molar refractivity (Wildman–Crippen MR) is 53.2 cm³/mol. The topological polar surface area (TPSA) is 21.3 Å². The van der Waals surface area contributed by atoms with E-state index in [-0.39, 0.29) is 5.82 Å². The molecule has 0 atom stereocenters. The highest BCUT2D eigenvalue weighted by Crippen LogP contribution is 2.25. The molecule has 0 bridgehead atoms. The quantitative estimate of drug-likeness (QED) is 0.795. The maximum Gasteiger partial charge on any atom is 0.165 e. The van der Waals surface area contributed by atoms with Gasteiger partial charge in [0.25, 0.3) is 0 Å². The van der Waals surface area contributed by atoms with Crippen LogP contribution in [0.15, 0.2) is 18.2 Å². The van der Waals surface area contributed by atoms with E-state index < -0.39 is 0 Å². The maximum atomic E-state index is 13.4. The van der Waals surface area contributed by atoms with Crippen LogP contribution < -0.4 is 10.1 Å². The highest BCUT2D eigenvalue weighted by molar-refractivity contribution is 5.32. The van der Waals surface area contributed by atoms with Crippen LogP contribution in [0.25, 0.3) is 0 Å². The van der Waals surface area contributed by atoms with Gasteiger partial charge in [0, 0.05) is 19.0 Å². The van der Waals surface area contributed by atoms with E-state index in [1.54, 1.807) is 12.1 Å². The van der Waals surface area contributed by atoms with Gasteiger partial charge in [0.1, 0.15) is 0 Å². The Balaban J connectivity index is 2.16. The molecule has 3 heteroatoms. The molecule has 0 saturated carbocycles. The zero-order valence-corrected chi connectivity index (χ0v) is 8.22. The molecule has 1 saturated heterocycles. The first-order valence-corrected chi connectivity index (χ1v) is 4.94. The molecule has 1 N–H and O–H groups in total. The van der Waals surface area contributed by atoms with Gasteiger partial charge in [0.15, 0.2) is 11.6 Å². The first-order chi connectivity index (χ1) is 6.81. The van der Waals surface area contributed by atoms with E-state index in [0.717, 1.165) is 18.7 Å². The summed E-state index contributed by atoms with van der Waals surface area (Å²) in [5.41, 5.74) is 1.06. The van der Waals surface area contributed by atoms with Crippen molar-refractivity contribution in [1.82, 2.24) is 5.32 Å². The van der Waals surface area contributed by atoms with Crippen LogP contribution in [-0.2, 0) is 0 Å². The molecule has 1 heterocycles. The molecule has 2 nitrogen and oxygen atoms in total. The zero-order chi connectivity index (χ0) is 9.97. The fourth-order valence-corrected chi connectivity index (χ4v) is 1.57. The van der Waals surface area contributed by atoms with Gasteiger partial charge in [-0.1, -0.05) is 6.07 Å². The Morgan fingerprint density at radius 2 is 2.29 bits per heavy atom. The van der Waals surface area contributed by atoms with Crippen LogP contribution in [0, 0.1) is 5.82 Å². The standard InChI is InChI=1S/C11H14FNO/c1-2-14-11-4-3-8(5-10(11)12)9-6-13-7-9/h3-5,9,13H,2,6-7H2,1H3. The molecule has 1 aliphatic rings. The molecule has 0 unspecified atom stereocenters. The lowest BCUT2D eigenvalue weighted by Crippen LogP contribution is -2.39. The Labute approximate surface area is 83.1 Å². The number of ether oxygens (including phenoxy) is 1. The van der Waals surface area contributed by atoms with Gasteiger partial charge in [-0.05, 0) is 24.6 Å². The summed E-state index contributed by atoms with van der Waals surface area (Å²) in [4.78, 5) is 0. The molecule has 0 radical (unpaired) electrons. The molecule has 14 heavy (non-hydrogen) atoms. The summed E-state index contributed by atoms with van der Waals surface area (Å²) in [6.45, 7) is 4.26. The van der Waals surface area contributed by atoms with Crippen LogP contribution in [0.1, 0.15) is 18.4 Å². The maximum absolute atomic E-state index is 13.4. The molecular weight excluding hydrogens is 181 g/mol. The lowest BCUT2D eigenvalue weighted by atomic mass is 9.94. The van der Waals surface area contributed by atoms with Gasteiger partial charge in [-0.25, -0.2) is 4.39 Å². The number of hydrogen-bond donors (Lipinski definition) is 1. The van der Waals surface area contributed by atoms with Gasteiger partial charge in [-0.2, -0.15) is 0 Å². The van der Waals surface area contributed by atoms with E-state index in [9.17, 15) is 4.39 Å². The summed E-state index contributed by atoms with van der Waals surface area (Å²) < 4.78 is 18.5. The fourth-order valence-electron chi connectivity index (χ4n) is 1.57. The molecule has 1 aromatic rings. The highest BCUT2D eigenvalue weighted by Gasteiger charge is 2.19. The number of halogens is 1. The fraction of sp³-hybridized carbons (Fsp3) is 0.455. The second kappa shape index (κ2) is 3.96. The number of rotatable bonds is 3. The zero-order valence-electron chi connectivity index (χ0n) is 8.22. The molecule has 2 rings (SSSR count). The minimum absolute atomic E-state index is 0.253. The Hall–Kier alpha value is -1.09. The average molecular weight is 195 g/mol. The van der Waals surface area contributed by atoms with Gasteiger partial charge in [-0.3, -0.25) is 0 Å².